The summed E-state index contributed by atoms with van der Waals surface area (Å²) in [5.41, 5.74) is 2.61. The summed E-state index contributed by atoms with van der Waals surface area (Å²) in [4.78, 5) is 29.4. The lowest BCUT2D eigenvalue weighted by Crippen LogP contribution is -2.49. The first-order chi connectivity index (χ1) is 10.7. The molecule has 0 radical (unpaired) electrons. The molecule has 6 nitrogen and oxygen atoms in total. The maximum Gasteiger partial charge on any atom is 0.254 e. The molecule has 3 heterocycles. The fourth-order valence-corrected chi connectivity index (χ4v) is 2.61. The van der Waals surface area contributed by atoms with Crippen LogP contribution in [0.3, 0.4) is 0 Å². The second kappa shape index (κ2) is 6.09. The second-order valence-electron chi connectivity index (χ2n) is 5.40. The number of piperazine rings is 1. The summed E-state index contributed by atoms with van der Waals surface area (Å²) in [7, 11) is 0. The van der Waals surface area contributed by atoms with Gasteiger partial charge in [-0.1, -0.05) is 0 Å². The highest BCUT2D eigenvalue weighted by molar-refractivity contribution is 5.95. The van der Waals surface area contributed by atoms with Gasteiger partial charge in [-0.25, -0.2) is 9.97 Å². The molecule has 0 aliphatic carbocycles. The Morgan fingerprint density at radius 3 is 2.36 bits per heavy atom. The molecule has 0 bridgehead atoms. The number of pyridine rings is 1. The van der Waals surface area contributed by atoms with Gasteiger partial charge in [-0.05, 0) is 31.5 Å². The zero-order chi connectivity index (χ0) is 15.5. The molecule has 1 amide bonds. The first-order valence-electron chi connectivity index (χ1n) is 7.40. The molecule has 0 aromatic carbocycles. The molecule has 1 aliphatic heterocycles. The minimum Gasteiger partial charge on any atom is -0.337 e. The van der Waals surface area contributed by atoms with Crippen LogP contribution in [0.25, 0.3) is 0 Å². The van der Waals surface area contributed by atoms with Gasteiger partial charge in [0.2, 0.25) is 5.95 Å². The van der Waals surface area contributed by atoms with E-state index in [2.05, 4.69) is 19.9 Å². The largest absolute Gasteiger partial charge is 0.337 e. The highest BCUT2D eigenvalue weighted by Gasteiger charge is 2.24. The van der Waals surface area contributed by atoms with Crippen molar-refractivity contribution < 1.29 is 4.79 Å². The third-order valence-electron chi connectivity index (χ3n) is 4.09. The van der Waals surface area contributed by atoms with Gasteiger partial charge in [-0.15, -0.1) is 0 Å². The molecule has 3 rings (SSSR count). The molecule has 114 valence electrons. The predicted molar refractivity (Wildman–Crippen MR) is 83.9 cm³/mol. The normalized spacial score (nSPS) is 15.0. The maximum atomic E-state index is 12.7. The molecular formula is C16H19N5O. The van der Waals surface area contributed by atoms with Crippen molar-refractivity contribution in [3.8, 4) is 0 Å². The minimum absolute atomic E-state index is 0.0802. The van der Waals surface area contributed by atoms with E-state index in [0.717, 1.165) is 35.9 Å². The second-order valence-corrected chi connectivity index (χ2v) is 5.40. The quantitative estimate of drug-likeness (QED) is 0.839. The fraction of sp³-hybridized carbons (Fsp3) is 0.375. The zero-order valence-electron chi connectivity index (χ0n) is 12.9. The van der Waals surface area contributed by atoms with Crippen LogP contribution in [-0.4, -0.2) is 51.9 Å². The third-order valence-corrected chi connectivity index (χ3v) is 4.09. The minimum atomic E-state index is 0.0802. The molecule has 0 atom stereocenters. The Bertz CT molecular complexity index is 665. The van der Waals surface area contributed by atoms with Crippen molar-refractivity contribution in [2.45, 2.75) is 13.8 Å². The SMILES string of the molecule is Cc1nccc(C(=O)N2CCN(c3ncccn3)CC2)c1C. The first kappa shape index (κ1) is 14.4. The topological polar surface area (TPSA) is 62.2 Å². The number of aryl methyl sites for hydroxylation is 1. The molecule has 6 heteroatoms. The van der Waals surface area contributed by atoms with Gasteiger partial charge in [-0.2, -0.15) is 0 Å². The van der Waals surface area contributed by atoms with E-state index in [-0.39, 0.29) is 5.91 Å². The van der Waals surface area contributed by atoms with Gasteiger partial charge in [0.15, 0.2) is 0 Å². The lowest BCUT2D eigenvalue weighted by molar-refractivity contribution is 0.0745. The van der Waals surface area contributed by atoms with Crippen molar-refractivity contribution >= 4 is 11.9 Å². The third kappa shape index (κ3) is 2.77. The van der Waals surface area contributed by atoms with E-state index in [1.165, 1.54) is 0 Å². The number of amides is 1. The fourth-order valence-electron chi connectivity index (χ4n) is 2.61. The molecule has 1 saturated heterocycles. The summed E-state index contributed by atoms with van der Waals surface area (Å²) < 4.78 is 0. The number of hydrogen-bond acceptors (Lipinski definition) is 5. The summed E-state index contributed by atoms with van der Waals surface area (Å²) in [6, 6.07) is 3.61. The van der Waals surface area contributed by atoms with Crippen molar-refractivity contribution in [2.75, 3.05) is 31.1 Å². The molecular weight excluding hydrogens is 278 g/mol. The van der Waals surface area contributed by atoms with Crippen LogP contribution < -0.4 is 4.90 Å². The van der Waals surface area contributed by atoms with Gasteiger partial charge in [0.05, 0.1) is 0 Å². The number of carbonyl (C=O) groups is 1. The lowest BCUT2D eigenvalue weighted by atomic mass is 10.1. The van der Waals surface area contributed by atoms with E-state index >= 15 is 0 Å². The molecule has 0 spiro atoms. The summed E-state index contributed by atoms with van der Waals surface area (Å²) >= 11 is 0. The lowest BCUT2D eigenvalue weighted by Gasteiger charge is -2.35. The summed E-state index contributed by atoms with van der Waals surface area (Å²) in [6.45, 7) is 6.73. The maximum absolute atomic E-state index is 12.7. The van der Waals surface area contributed by atoms with E-state index < -0.39 is 0 Å². The van der Waals surface area contributed by atoms with Gasteiger partial charge in [0, 0.05) is 56.0 Å². The van der Waals surface area contributed by atoms with E-state index in [1.54, 1.807) is 30.7 Å². The van der Waals surface area contributed by atoms with Crippen molar-refractivity contribution in [3.05, 3.63) is 47.5 Å². The molecule has 1 fully saturated rings. The summed E-state index contributed by atoms with van der Waals surface area (Å²) in [5.74, 6) is 0.808. The number of nitrogens with zero attached hydrogens (tertiary/aromatic N) is 5. The average Bonchev–Trinajstić information content (AvgIpc) is 2.58. The van der Waals surface area contributed by atoms with Crippen LogP contribution in [0.15, 0.2) is 30.7 Å². The van der Waals surface area contributed by atoms with E-state index in [9.17, 15) is 4.79 Å². The van der Waals surface area contributed by atoms with Crippen LogP contribution in [0.5, 0.6) is 0 Å². The Hall–Kier alpha value is -2.50. The molecule has 22 heavy (non-hydrogen) atoms. The van der Waals surface area contributed by atoms with E-state index in [1.807, 2.05) is 18.7 Å². The Labute approximate surface area is 129 Å². The molecule has 1 aliphatic rings. The van der Waals surface area contributed by atoms with Gasteiger partial charge in [-0.3, -0.25) is 9.78 Å². The summed E-state index contributed by atoms with van der Waals surface area (Å²) in [5, 5.41) is 0. The first-order valence-corrected chi connectivity index (χ1v) is 7.40. The van der Waals surface area contributed by atoms with Gasteiger partial charge in [0.1, 0.15) is 0 Å². The molecule has 2 aromatic heterocycles. The van der Waals surface area contributed by atoms with Gasteiger partial charge in [0.25, 0.3) is 5.91 Å². The Morgan fingerprint density at radius 2 is 1.68 bits per heavy atom. The van der Waals surface area contributed by atoms with Crippen molar-refractivity contribution in [1.82, 2.24) is 19.9 Å². The number of aromatic nitrogens is 3. The van der Waals surface area contributed by atoms with Gasteiger partial charge >= 0.3 is 0 Å². The molecule has 0 N–H and O–H groups in total. The van der Waals surface area contributed by atoms with E-state index in [0.29, 0.717) is 13.1 Å². The average molecular weight is 297 g/mol. The smallest absolute Gasteiger partial charge is 0.254 e. The van der Waals surface area contributed by atoms with Crippen LogP contribution in [0, 0.1) is 13.8 Å². The molecule has 0 unspecified atom stereocenters. The van der Waals surface area contributed by atoms with Crippen LogP contribution in [-0.2, 0) is 0 Å². The van der Waals surface area contributed by atoms with Crippen LogP contribution >= 0.6 is 0 Å². The Morgan fingerprint density at radius 1 is 1.00 bits per heavy atom. The number of anilines is 1. The monoisotopic (exact) mass is 297 g/mol. The number of hydrogen-bond donors (Lipinski definition) is 0. The highest BCUT2D eigenvalue weighted by Crippen LogP contribution is 2.16. The van der Waals surface area contributed by atoms with Crippen molar-refractivity contribution in [2.24, 2.45) is 0 Å². The molecule has 0 saturated carbocycles. The number of carbonyl (C=O) groups excluding carboxylic acids is 1. The highest BCUT2D eigenvalue weighted by atomic mass is 16.2. The zero-order valence-corrected chi connectivity index (χ0v) is 12.9. The van der Waals surface area contributed by atoms with E-state index in [4.69, 9.17) is 0 Å². The standard InChI is InChI=1S/C16H19N5O/c1-12-13(2)17-7-4-14(12)15(22)20-8-10-21(11-9-20)16-18-5-3-6-19-16/h3-7H,8-11H2,1-2H3. The van der Waals surface area contributed by atoms with Crippen LogP contribution in [0.2, 0.25) is 0 Å². The van der Waals surface area contributed by atoms with Crippen LogP contribution in [0.4, 0.5) is 5.95 Å². The van der Waals surface area contributed by atoms with Crippen molar-refractivity contribution in [1.29, 1.82) is 0 Å². The number of rotatable bonds is 2. The van der Waals surface area contributed by atoms with Crippen molar-refractivity contribution in [3.63, 3.8) is 0 Å². The predicted octanol–water partition coefficient (Wildman–Crippen LogP) is 1.45. The van der Waals surface area contributed by atoms with Gasteiger partial charge < -0.3 is 9.80 Å². The Kier molecular flexibility index (Phi) is 4.00. The van der Waals surface area contributed by atoms with Crippen LogP contribution in [0.1, 0.15) is 21.6 Å². The Balaban J connectivity index is 1.69. The molecule has 2 aromatic rings. The summed E-state index contributed by atoms with van der Waals surface area (Å²) in [6.07, 6.45) is 5.18.